The van der Waals surface area contributed by atoms with E-state index in [-0.39, 0.29) is 18.2 Å². The third-order valence-electron chi connectivity index (χ3n) is 4.60. The first-order chi connectivity index (χ1) is 12.2. The summed E-state index contributed by atoms with van der Waals surface area (Å²) in [5.74, 6) is -0.0813. The third kappa shape index (κ3) is 6.06. The second-order valence-electron chi connectivity index (χ2n) is 7.97. The maximum atomic E-state index is 12.8. The van der Waals surface area contributed by atoms with Gasteiger partial charge in [-0.3, -0.25) is 9.78 Å². The Labute approximate surface area is 157 Å². The van der Waals surface area contributed by atoms with Crippen molar-refractivity contribution in [2.45, 2.75) is 53.0 Å². The molecule has 2 rings (SSSR count). The zero-order chi connectivity index (χ0) is 19.2. The lowest BCUT2D eigenvalue weighted by molar-refractivity contribution is -0.139. The predicted octanol–water partition coefficient (Wildman–Crippen LogP) is 2.66. The first-order valence-electron chi connectivity index (χ1n) is 9.36. The van der Waals surface area contributed by atoms with Crippen molar-refractivity contribution < 1.29 is 13.2 Å². The van der Waals surface area contributed by atoms with Crippen molar-refractivity contribution in [2.75, 3.05) is 25.4 Å². The summed E-state index contributed by atoms with van der Waals surface area (Å²) in [7, 11) is -3.35. The SMILES string of the molecule is CC(C)(C)C(=O)N(CCS(=O)(=O)N1CCCCCC1)Cc1cccnc1. The predicted molar refractivity (Wildman–Crippen MR) is 103 cm³/mol. The van der Waals surface area contributed by atoms with Gasteiger partial charge >= 0.3 is 0 Å². The van der Waals surface area contributed by atoms with E-state index in [0.29, 0.717) is 19.6 Å². The number of sulfonamides is 1. The molecule has 0 N–H and O–H groups in total. The van der Waals surface area contributed by atoms with E-state index in [0.717, 1.165) is 31.2 Å². The molecule has 0 unspecified atom stereocenters. The molecule has 0 aliphatic carbocycles. The van der Waals surface area contributed by atoms with Gasteiger partial charge in [0, 0.05) is 44.0 Å². The molecule has 0 saturated carbocycles. The van der Waals surface area contributed by atoms with Gasteiger partial charge in [0.2, 0.25) is 15.9 Å². The smallest absolute Gasteiger partial charge is 0.228 e. The normalized spacial score (nSPS) is 16.9. The van der Waals surface area contributed by atoms with Crippen LogP contribution in [0.4, 0.5) is 0 Å². The van der Waals surface area contributed by atoms with Crippen molar-refractivity contribution in [2.24, 2.45) is 5.41 Å². The highest BCUT2D eigenvalue weighted by atomic mass is 32.2. The van der Waals surface area contributed by atoms with Gasteiger partial charge in [0.15, 0.2) is 0 Å². The molecule has 2 heterocycles. The molecule has 0 aromatic carbocycles. The van der Waals surface area contributed by atoms with Gasteiger partial charge in [-0.25, -0.2) is 12.7 Å². The molecular formula is C19H31N3O3S. The number of amides is 1. The molecule has 0 radical (unpaired) electrons. The number of nitrogens with zero attached hydrogens (tertiary/aromatic N) is 3. The van der Waals surface area contributed by atoms with Crippen molar-refractivity contribution in [1.29, 1.82) is 0 Å². The summed E-state index contributed by atoms with van der Waals surface area (Å²) in [6, 6.07) is 3.72. The van der Waals surface area contributed by atoms with Gasteiger partial charge in [-0.1, -0.05) is 39.7 Å². The number of carbonyl (C=O) groups is 1. The molecule has 26 heavy (non-hydrogen) atoms. The molecule has 1 aliphatic heterocycles. The molecule has 1 fully saturated rings. The lowest BCUT2D eigenvalue weighted by Crippen LogP contribution is -2.43. The molecule has 1 aromatic rings. The van der Waals surface area contributed by atoms with Gasteiger partial charge in [-0.15, -0.1) is 0 Å². The minimum Gasteiger partial charge on any atom is -0.337 e. The molecule has 1 aromatic heterocycles. The Balaban J connectivity index is 2.09. The Morgan fingerprint density at radius 2 is 1.85 bits per heavy atom. The highest BCUT2D eigenvalue weighted by molar-refractivity contribution is 7.89. The zero-order valence-corrected chi connectivity index (χ0v) is 17.0. The summed E-state index contributed by atoms with van der Waals surface area (Å²) in [5.41, 5.74) is 0.339. The van der Waals surface area contributed by atoms with Gasteiger partial charge in [-0.2, -0.15) is 0 Å². The fourth-order valence-corrected chi connectivity index (χ4v) is 4.64. The van der Waals surface area contributed by atoms with Crippen LogP contribution in [-0.2, 0) is 21.4 Å². The summed E-state index contributed by atoms with van der Waals surface area (Å²) in [4.78, 5) is 18.5. The van der Waals surface area contributed by atoms with Crippen LogP contribution in [0.5, 0.6) is 0 Å². The largest absolute Gasteiger partial charge is 0.337 e. The summed E-state index contributed by atoms with van der Waals surface area (Å²) in [6.45, 7) is 7.33. The zero-order valence-electron chi connectivity index (χ0n) is 16.1. The van der Waals surface area contributed by atoms with Crippen LogP contribution >= 0.6 is 0 Å². The molecule has 0 spiro atoms. The molecule has 146 valence electrons. The van der Waals surface area contributed by atoms with E-state index in [1.54, 1.807) is 21.6 Å². The van der Waals surface area contributed by atoms with Crippen LogP contribution in [-0.4, -0.2) is 53.9 Å². The quantitative estimate of drug-likeness (QED) is 0.759. The minimum atomic E-state index is -3.35. The van der Waals surface area contributed by atoms with Gasteiger partial charge in [0.25, 0.3) is 0 Å². The van der Waals surface area contributed by atoms with Crippen LogP contribution < -0.4 is 0 Å². The van der Waals surface area contributed by atoms with Gasteiger partial charge < -0.3 is 4.90 Å². The van der Waals surface area contributed by atoms with E-state index in [1.807, 2.05) is 32.9 Å². The standard InChI is InChI=1S/C19H31N3O3S/c1-19(2,3)18(23)21(16-17-9-8-10-20-15-17)13-14-26(24,25)22-11-6-4-5-7-12-22/h8-10,15H,4-7,11-14,16H2,1-3H3. The van der Waals surface area contributed by atoms with Crippen LogP contribution in [0.3, 0.4) is 0 Å². The van der Waals surface area contributed by atoms with Gasteiger partial charge in [0.05, 0.1) is 5.75 Å². The number of aromatic nitrogens is 1. The first kappa shape index (κ1) is 20.8. The highest BCUT2D eigenvalue weighted by Gasteiger charge is 2.30. The van der Waals surface area contributed by atoms with Crippen LogP contribution in [0.15, 0.2) is 24.5 Å². The average Bonchev–Trinajstić information content (AvgIpc) is 2.88. The van der Waals surface area contributed by atoms with E-state index in [2.05, 4.69) is 4.98 Å². The minimum absolute atomic E-state index is 0.0327. The number of hydrogen-bond donors (Lipinski definition) is 0. The van der Waals surface area contributed by atoms with Crippen molar-refractivity contribution in [3.05, 3.63) is 30.1 Å². The van der Waals surface area contributed by atoms with Crippen LogP contribution in [0, 0.1) is 5.41 Å². The Morgan fingerprint density at radius 3 is 2.38 bits per heavy atom. The molecule has 1 amide bonds. The number of carbonyl (C=O) groups excluding carboxylic acids is 1. The topological polar surface area (TPSA) is 70.6 Å². The van der Waals surface area contributed by atoms with E-state index >= 15 is 0 Å². The summed E-state index contributed by atoms with van der Waals surface area (Å²) >= 11 is 0. The van der Waals surface area contributed by atoms with Gasteiger partial charge in [-0.05, 0) is 24.5 Å². The third-order valence-corrected chi connectivity index (χ3v) is 6.45. The van der Waals surface area contributed by atoms with Gasteiger partial charge in [0.1, 0.15) is 0 Å². The molecular weight excluding hydrogens is 350 g/mol. The van der Waals surface area contributed by atoms with Crippen LogP contribution in [0.2, 0.25) is 0 Å². The fourth-order valence-electron chi connectivity index (χ4n) is 3.11. The second-order valence-corrected chi connectivity index (χ2v) is 10.1. The molecule has 1 aliphatic rings. The van der Waals surface area contributed by atoms with Crippen molar-refractivity contribution in [3.63, 3.8) is 0 Å². The fraction of sp³-hybridized carbons (Fsp3) is 0.684. The van der Waals surface area contributed by atoms with Crippen LogP contribution in [0.25, 0.3) is 0 Å². The van der Waals surface area contributed by atoms with Crippen molar-refractivity contribution in [3.8, 4) is 0 Å². The maximum Gasteiger partial charge on any atom is 0.228 e. The Hall–Kier alpha value is -1.47. The summed E-state index contributed by atoms with van der Waals surface area (Å²) in [6.07, 6.45) is 7.40. The van der Waals surface area contributed by atoms with Crippen molar-refractivity contribution in [1.82, 2.24) is 14.2 Å². The Bertz CT molecular complexity index is 676. The lowest BCUT2D eigenvalue weighted by Gasteiger charge is -2.30. The van der Waals surface area contributed by atoms with E-state index in [1.165, 1.54) is 0 Å². The molecule has 1 saturated heterocycles. The summed E-state index contributed by atoms with van der Waals surface area (Å²) < 4.78 is 27.1. The molecule has 6 nitrogen and oxygen atoms in total. The van der Waals surface area contributed by atoms with Crippen LogP contribution in [0.1, 0.15) is 52.0 Å². The van der Waals surface area contributed by atoms with E-state index < -0.39 is 15.4 Å². The molecule has 0 bridgehead atoms. The lowest BCUT2D eigenvalue weighted by atomic mass is 9.94. The molecule has 0 atom stereocenters. The molecule has 7 heteroatoms. The number of rotatable bonds is 6. The van der Waals surface area contributed by atoms with E-state index in [4.69, 9.17) is 0 Å². The van der Waals surface area contributed by atoms with E-state index in [9.17, 15) is 13.2 Å². The second kappa shape index (κ2) is 8.95. The number of pyridine rings is 1. The van der Waals surface area contributed by atoms with Crippen molar-refractivity contribution >= 4 is 15.9 Å². The monoisotopic (exact) mass is 381 g/mol. The first-order valence-corrected chi connectivity index (χ1v) is 11.0. The average molecular weight is 382 g/mol. The maximum absolute atomic E-state index is 12.8. The Morgan fingerprint density at radius 1 is 1.19 bits per heavy atom. The number of hydrogen-bond acceptors (Lipinski definition) is 4. The summed E-state index contributed by atoms with van der Waals surface area (Å²) in [5, 5.41) is 0. The highest BCUT2D eigenvalue weighted by Crippen LogP contribution is 2.20. The Kier molecular flexibility index (Phi) is 7.17.